The minimum Gasteiger partial charge on any atom is -0.493 e. The maximum atomic E-state index is 13.8. The number of aromatic amines is 1. The van der Waals surface area contributed by atoms with Gasteiger partial charge in [0.1, 0.15) is 6.33 Å². The zero-order valence-electron chi connectivity index (χ0n) is 12.6. The number of ether oxygens (including phenoxy) is 1. The van der Waals surface area contributed by atoms with Gasteiger partial charge < -0.3 is 4.74 Å². The van der Waals surface area contributed by atoms with Gasteiger partial charge in [0, 0.05) is 12.6 Å². The molecule has 2 aromatic rings. The maximum Gasteiger partial charge on any atom is 0.278 e. The number of hydrogen-bond donors (Lipinski definition) is 1. The van der Waals surface area contributed by atoms with Gasteiger partial charge in [0.05, 0.1) is 7.11 Å². The summed E-state index contributed by atoms with van der Waals surface area (Å²) in [7, 11) is -2.32. The van der Waals surface area contributed by atoms with Crippen LogP contribution in [0.4, 0.5) is 4.39 Å². The van der Waals surface area contributed by atoms with Crippen molar-refractivity contribution in [3.05, 3.63) is 35.9 Å². The lowest BCUT2D eigenvalue weighted by molar-refractivity contribution is 0.360. The summed E-state index contributed by atoms with van der Waals surface area (Å²) >= 11 is 0. The molecule has 2 heterocycles. The molecule has 124 valence electrons. The van der Waals surface area contributed by atoms with Crippen LogP contribution in [0.15, 0.2) is 29.7 Å². The summed E-state index contributed by atoms with van der Waals surface area (Å²) in [5, 5.41) is 5.82. The molecule has 3 rings (SSSR count). The number of hydrogen-bond acceptors (Lipinski definition) is 5. The van der Waals surface area contributed by atoms with Crippen molar-refractivity contribution in [2.24, 2.45) is 0 Å². The summed E-state index contributed by atoms with van der Waals surface area (Å²) in [6.07, 6.45) is 2.99. The second-order valence-electron chi connectivity index (χ2n) is 5.34. The second kappa shape index (κ2) is 6.25. The Kier molecular flexibility index (Phi) is 4.31. The third-order valence-corrected chi connectivity index (χ3v) is 5.76. The molecular weight excluding hydrogens is 323 g/mol. The first-order valence-corrected chi connectivity index (χ1v) is 8.66. The predicted molar refractivity (Wildman–Crippen MR) is 80.0 cm³/mol. The van der Waals surface area contributed by atoms with Crippen molar-refractivity contribution in [1.82, 2.24) is 19.5 Å². The topological polar surface area (TPSA) is 88.2 Å². The smallest absolute Gasteiger partial charge is 0.278 e. The first-order chi connectivity index (χ1) is 11.0. The van der Waals surface area contributed by atoms with Crippen LogP contribution < -0.4 is 4.74 Å². The normalized spacial score (nSPS) is 19.1. The predicted octanol–water partition coefficient (Wildman–Crippen LogP) is 1.35. The number of sulfonamides is 1. The molecule has 1 unspecified atom stereocenters. The summed E-state index contributed by atoms with van der Waals surface area (Å²) in [5.41, 5.74) is 0.650. The molecule has 0 radical (unpaired) electrons. The number of nitrogens with one attached hydrogen (secondary N) is 1. The van der Waals surface area contributed by atoms with Crippen LogP contribution in [0.25, 0.3) is 0 Å². The van der Waals surface area contributed by atoms with Crippen LogP contribution in [0.3, 0.4) is 0 Å². The Labute approximate surface area is 133 Å². The molecule has 23 heavy (non-hydrogen) atoms. The second-order valence-corrected chi connectivity index (χ2v) is 7.14. The quantitative estimate of drug-likeness (QED) is 0.887. The first kappa shape index (κ1) is 15.9. The Bertz CT molecular complexity index is 779. The van der Waals surface area contributed by atoms with E-state index in [1.807, 2.05) is 0 Å². The molecular formula is C14H17FN4O3S. The van der Waals surface area contributed by atoms with E-state index in [0.717, 1.165) is 12.7 Å². The highest BCUT2D eigenvalue weighted by atomic mass is 32.2. The van der Waals surface area contributed by atoms with E-state index in [-0.39, 0.29) is 16.9 Å². The van der Waals surface area contributed by atoms with Crippen LogP contribution in [0.1, 0.15) is 18.4 Å². The fourth-order valence-corrected chi connectivity index (χ4v) is 4.47. The molecule has 9 heteroatoms. The molecule has 1 aliphatic heterocycles. The van der Waals surface area contributed by atoms with E-state index in [4.69, 9.17) is 4.74 Å². The molecule has 1 aliphatic rings. The van der Waals surface area contributed by atoms with Crippen LogP contribution in [0.5, 0.6) is 5.75 Å². The van der Waals surface area contributed by atoms with Gasteiger partial charge in [-0.2, -0.15) is 9.40 Å². The standard InChI is InChI=1S/C14H17FN4O3S/c1-22-13-10(4-2-6-12(13)15)8-11-5-3-7-19(11)23(20,21)14-16-9-17-18-14/h2,4,6,9,11H,3,5,7-8H2,1H3,(H,16,17,18). The fourth-order valence-electron chi connectivity index (χ4n) is 2.96. The molecule has 0 bridgehead atoms. The zero-order chi connectivity index (χ0) is 16.4. The average Bonchev–Trinajstić information content (AvgIpc) is 3.19. The van der Waals surface area contributed by atoms with Crippen molar-refractivity contribution < 1.29 is 17.5 Å². The van der Waals surface area contributed by atoms with E-state index in [2.05, 4.69) is 15.2 Å². The molecule has 0 spiro atoms. The van der Waals surface area contributed by atoms with E-state index < -0.39 is 15.8 Å². The van der Waals surface area contributed by atoms with Crippen molar-refractivity contribution in [3.63, 3.8) is 0 Å². The number of para-hydroxylation sites is 1. The van der Waals surface area contributed by atoms with Gasteiger partial charge >= 0.3 is 0 Å². The molecule has 1 aromatic heterocycles. The average molecular weight is 340 g/mol. The summed E-state index contributed by atoms with van der Waals surface area (Å²) < 4.78 is 45.5. The van der Waals surface area contributed by atoms with E-state index in [1.54, 1.807) is 12.1 Å². The zero-order valence-corrected chi connectivity index (χ0v) is 13.4. The summed E-state index contributed by atoms with van der Waals surface area (Å²) in [6.45, 7) is 0.408. The Morgan fingerprint density at radius 3 is 3.00 bits per heavy atom. The van der Waals surface area contributed by atoms with E-state index in [9.17, 15) is 12.8 Å². The summed E-state index contributed by atoms with van der Waals surface area (Å²) in [4.78, 5) is 3.74. The van der Waals surface area contributed by atoms with Crippen LogP contribution >= 0.6 is 0 Å². The Hall–Kier alpha value is -2.00. The number of rotatable bonds is 5. The molecule has 1 atom stereocenters. The van der Waals surface area contributed by atoms with Gasteiger partial charge in [-0.3, -0.25) is 0 Å². The summed E-state index contributed by atoms with van der Waals surface area (Å²) in [6, 6.07) is 4.40. The van der Waals surface area contributed by atoms with Crippen molar-refractivity contribution >= 4 is 10.0 Å². The van der Waals surface area contributed by atoms with Gasteiger partial charge in [0.25, 0.3) is 15.2 Å². The van der Waals surface area contributed by atoms with E-state index >= 15 is 0 Å². The number of H-pyrrole nitrogens is 1. The molecule has 1 N–H and O–H groups in total. The maximum absolute atomic E-state index is 13.8. The van der Waals surface area contributed by atoms with Crippen molar-refractivity contribution in [2.75, 3.05) is 13.7 Å². The van der Waals surface area contributed by atoms with Gasteiger partial charge in [-0.05, 0) is 30.9 Å². The highest BCUT2D eigenvalue weighted by Crippen LogP contribution is 2.30. The molecule has 0 saturated carbocycles. The Morgan fingerprint density at radius 1 is 1.48 bits per heavy atom. The number of methoxy groups -OCH3 is 1. The van der Waals surface area contributed by atoms with Gasteiger partial charge in [-0.25, -0.2) is 22.9 Å². The highest BCUT2D eigenvalue weighted by Gasteiger charge is 2.37. The van der Waals surface area contributed by atoms with Gasteiger partial charge in [-0.15, -0.1) is 0 Å². The fraction of sp³-hybridized carbons (Fsp3) is 0.429. The minimum absolute atomic E-state index is 0.163. The minimum atomic E-state index is -3.72. The molecule has 1 aromatic carbocycles. The lowest BCUT2D eigenvalue weighted by Gasteiger charge is -2.23. The number of aromatic nitrogens is 3. The third-order valence-electron chi connectivity index (χ3n) is 3.98. The van der Waals surface area contributed by atoms with Gasteiger partial charge in [0.2, 0.25) is 0 Å². The van der Waals surface area contributed by atoms with Crippen LogP contribution in [-0.4, -0.2) is 47.6 Å². The molecule has 1 fully saturated rings. The number of nitrogens with zero attached hydrogens (tertiary/aromatic N) is 3. The largest absolute Gasteiger partial charge is 0.493 e. The van der Waals surface area contributed by atoms with E-state index in [1.165, 1.54) is 17.5 Å². The third kappa shape index (κ3) is 2.93. The molecule has 1 saturated heterocycles. The van der Waals surface area contributed by atoms with Crippen LogP contribution in [0.2, 0.25) is 0 Å². The lowest BCUT2D eigenvalue weighted by atomic mass is 10.0. The van der Waals surface area contributed by atoms with Crippen molar-refractivity contribution in [1.29, 1.82) is 0 Å². The number of halogens is 1. The Balaban J connectivity index is 1.88. The van der Waals surface area contributed by atoms with Crippen molar-refractivity contribution in [2.45, 2.75) is 30.5 Å². The van der Waals surface area contributed by atoms with Crippen LogP contribution in [0, 0.1) is 5.82 Å². The monoisotopic (exact) mass is 340 g/mol. The number of benzene rings is 1. The van der Waals surface area contributed by atoms with Crippen molar-refractivity contribution in [3.8, 4) is 5.75 Å². The molecule has 0 aliphatic carbocycles. The lowest BCUT2D eigenvalue weighted by Crippen LogP contribution is -2.37. The Morgan fingerprint density at radius 2 is 2.30 bits per heavy atom. The summed E-state index contributed by atoms with van der Waals surface area (Å²) in [5.74, 6) is -0.288. The van der Waals surface area contributed by atoms with Crippen LogP contribution in [-0.2, 0) is 16.4 Å². The SMILES string of the molecule is COc1c(F)cccc1CC1CCCN1S(=O)(=O)c1ncn[nH]1. The molecule has 0 amide bonds. The van der Waals surface area contributed by atoms with E-state index in [0.29, 0.717) is 24.9 Å². The first-order valence-electron chi connectivity index (χ1n) is 7.22. The highest BCUT2D eigenvalue weighted by molar-refractivity contribution is 7.89. The van der Waals surface area contributed by atoms with Gasteiger partial charge in [0.15, 0.2) is 11.6 Å². The van der Waals surface area contributed by atoms with Gasteiger partial charge in [-0.1, -0.05) is 12.1 Å². The molecule has 7 nitrogen and oxygen atoms in total.